The summed E-state index contributed by atoms with van der Waals surface area (Å²) < 4.78 is 49.4. The lowest BCUT2D eigenvalue weighted by Gasteiger charge is -2.36. The highest BCUT2D eigenvalue weighted by Crippen LogP contribution is 2.33. The molecule has 1 fully saturated rings. The van der Waals surface area contributed by atoms with Crippen molar-refractivity contribution < 1.29 is 17.5 Å². The molecule has 0 aliphatic carbocycles. The first-order valence-electron chi connectivity index (χ1n) is 8.33. The van der Waals surface area contributed by atoms with Crippen molar-refractivity contribution in [2.45, 2.75) is 19.9 Å². The molecule has 0 spiro atoms. The Morgan fingerprint density at radius 1 is 1.27 bits per heavy atom. The van der Waals surface area contributed by atoms with Gasteiger partial charge in [0.1, 0.15) is 11.5 Å². The maximum Gasteiger partial charge on any atom is 0.282 e. The fourth-order valence-corrected chi connectivity index (χ4v) is 4.51. The van der Waals surface area contributed by atoms with Crippen LogP contribution in [-0.4, -0.2) is 60.7 Å². The Morgan fingerprint density at radius 3 is 2.62 bits per heavy atom. The second-order valence-corrected chi connectivity index (χ2v) is 8.53. The zero-order valence-corrected chi connectivity index (χ0v) is 16.1. The second kappa shape index (κ2) is 7.07. The normalized spacial score (nSPS) is 19.2. The van der Waals surface area contributed by atoms with Crippen LogP contribution in [-0.2, 0) is 14.9 Å². The molecule has 0 saturated carbocycles. The molecule has 2 heterocycles. The molecule has 26 heavy (non-hydrogen) atoms. The Hall–Kier alpha value is -1.81. The topological polar surface area (TPSA) is 67.7 Å². The van der Waals surface area contributed by atoms with E-state index in [1.165, 1.54) is 33.5 Å². The van der Waals surface area contributed by atoms with Gasteiger partial charge in [0.2, 0.25) is 0 Å². The molecular weight excluding hydrogens is 359 g/mol. The fourth-order valence-electron chi connectivity index (χ4n) is 3.30. The van der Waals surface area contributed by atoms with Crippen LogP contribution in [0.3, 0.4) is 0 Å². The highest BCUT2D eigenvalue weighted by molar-refractivity contribution is 7.86. The van der Waals surface area contributed by atoms with Gasteiger partial charge >= 0.3 is 0 Å². The zero-order valence-electron chi connectivity index (χ0n) is 15.3. The zero-order chi connectivity index (χ0) is 19.1. The number of nitrogens with zero attached hydrogens (tertiary/aromatic N) is 4. The molecule has 2 aromatic rings. The van der Waals surface area contributed by atoms with Gasteiger partial charge in [0.05, 0.1) is 24.9 Å². The van der Waals surface area contributed by atoms with Crippen molar-refractivity contribution in [3.63, 3.8) is 0 Å². The maximum atomic E-state index is 14.2. The van der Waals surface area contributed by atoms with E-state index in [4.69, 9.17) is 4.74 Å². The van der Waals surface area contributed by atoms with Gasteiger partial charge in [-0.1, -0.05) is 12.1 Å². The summed E-state index contributed by atoms with van der Waals surface area (Å²) in [4.78, 5) is 0. The number of aryl methyl sites for hydroxylation is 1. The summed E-state index contributed by atoms with van der Waals surface area (Å²) in [5.41, 5.74) is 2.43. The van der Waals surface area contributed by atoms with Crippen LogP contribution in [0.1, 0.15) is 23.0 Å². The number of morpholine rings is 1. The van der Waals surface area contributed by atoms with Crippen LogP contribution in [0.4, 0.5) is 4.39 Å². The van der Waals surface area contributed by atoms with Gasteiger partial charge in [-0.05, 0) is 26.0 Å². The van der Waals surface area contributed by atoms with Crippen LogP contribution in [0.2, 0.25) is 0 Å². The lowest BCUT2D eigenvalue weighted by Crippen LogP contribution is -2.48. The number of benzene rings is 1. The minimum Gasteiger partial charge on any atom is -0.378 e. The lowest BCUT2D eigenvalue weighted by molar-refractivity contribution is 0.0295. The predicted octanol–water partition coefficient (Wildman–Crippen LogP) is 1.81. The van der Waals surface area contributed by atoms with Crippen molar-refractivity contribution in [2.75, 3.05) is 33.9 Å². The van der Waals surface area contributed by atoms with Crippen LogP contribution in [0, 0.1) is 19.7 Å². The molecule has 9 heteroatoms. The SMILES string of the molecule is Cc1nn(-c2ccccc2F)c(C)c1[C@H]1COCCN1S(=O)(=O)N(C)C. The quantitative estimate of drug-likeness (QED) is 0.809. The number of hydrogen-bond acceptors (Lipinski definition) is 4. The smallest absolute Gasteiger partial charge is 0.282 e. The Kier molecular flexibility index (Phi) is 5.16. The molecule has 1 aromatic carbocycles. The molecule has 7 nitrogen and oxygen atoms in total. The third kappa shape index (κ3) is 3.16. The standard InChI is InChI=1S/C17H23FN4O3S/c1-12-17(13(2)22(19-12)15-8-6-5-7-14(15)18)16-11-25-10-9-21(16)26(23,24)20(3)4/h5-8,16H,9-11H2,1-4H3/t16-/m1/s1. The fraction of sp³-hybridized carbons (Fsp3) is 0.471. The average molecular weight is 382 g/mol. The van der Waals surface area contributed by atoms with Gasteiger partial charge in [0, 0.05) is 31.9 Å². The first-order chi connectivity index (χ1) is 12.2. The van der Waals surface area contributed by atoms with E-state index >= 15 is 0 Å². The van der Waals surface area contributed by atoms with Crippen molar-refractivity contribution in [1.29, 1.82) is 0 Å². The summed E-state index contributed by atoms with van der Waals surface area (Å²) in [6, 6.07) is 5.87. The number of halogens is 1. The van der Waals surface area contributed by atoms with Crippen LogP contribution in [0.25, 0.3) is 5.69 Å². The molecule has 3 rings (SSSR count). The van der Waals surface area contributed by atoms with Crippen molar-refractivity contribution in [3.8, 4) is 5.69 Å². The minimum absolute atomic E-state index is 0.234. The van der Waals surface area contributed by atoms with Gasteiger partial charge < -0.3 is 4.74 Å². The van der Waals surface area contributed by atoms with Gasteiger partial charge in [-0.15, -0.1) is 0 Å². The Balaban J connectivity index is 2.10. The molecular formula is C17H23FN4O3S. The molecule has 1 aromatic heterocycles. The molecule has 1 atom stereocenters. The number of rotatable bonds is 4. The van der Waals surface area contributed by atoms with E-state index in [1.807, 2.05) is 6.92 Å². The molecule has 0 N–H and O–H groups in total. The van der Waals surface area contributed by atoms with Gasteiger partial charge in [-0.3, -0.25) is 0 Å². The van der Waals surface area contributed by atoms with E-state index < -0.39 is 16.3 Å². The van der Waals surface area contributed by atoms with E-state index in [0.717, 1.165) is 5.56 Å². The molecule has 142 valence electrons. The second-order valence-electron chi connectivity index (χ2n) is 6.44. The molecule has 1 aliphatic rings. The van der Waals surface area contributed by atoms with Crippen LogP contribution < -0.4 is 0 Å². The number of aromatic nitrogens is 2. The summed E-state index contributed by atoms with van der Waals surface area (Å²) in [6.07, 6.45) is 0. The highest BCUT2D eigenvalue weighted by atomic mass is 32.2. The number of ether oxygens (including phenoxy) is 1. The third-order valence-electron chi connectivity index (χ3n) is 4.60. The minimum atomic E-state index is -3.62. The third-order valence-corrected chi connectivity index (χ3v) is 6.55. The average Bonchev–Trinajstić information content (AvgIpc) is 2.89. The number of para-hydroxylation sites is 1. The van der Waals surface area contributed by atoms with Crippen molar-refractivity contribution in [1.82, 2.24) is 18.4 Å². The highest BCUT2D eigenvalue weighted by Gasteiger charge is 2.38. The van der Waals surface area contributed by atoms with Gasteiger partial charge in [0.15, 0.2) is 0 Å². The molecule has 1 aliphatic heterocycles. The van der Waals surface area contributed by atoms with E-state index in [0.29, 0.717) is 23.7 Å². The lowest BCUT2D eigenvalue weighted by atomic mass is 10.0. The summed E-state index contributed by atoms with van der Waals surface area (Å²) >= 11 is 0. The van der Waals surface area contributed by atoms with Gasteiger partial charge in [-0.25, -0.2) is 9.07 Å². The largest absolute Gasteiger partial charge is 0.378 e. The van der Waals surface area contributed by atoms with Gasteiger partial charge in [-0.2, -0.15) is 22.1 Å². The van der Waals surface area contributed by atoms with Crippen LogP contribution >= 0.6 is 0 Å². The maximum absolute atomic E-state index is 14.2. The van der Waals surface area contributed by atoms with Crippen molar-refractivity contribution in [3.05, 3.63) is 47.0 Å². The molecule has 1 saturated heterocycles. The summed E-state index contributed by atoms with van der Waals surface area (Å²) in [5.74, 6) is -0.387. The van der Waals surface area contributed by atoms with E-state index in [-0.39, 0.29) is 19.0 Å². The molecule has 0 bridgehead atoms. The van der Waals surface area contributed by atoms with Crippen LogP contribution in [0.15, 0.2) is 24.3 Å². The first kappa shape index (κ1) is 19.0. The van der Waals surface area contributed by atoms with E-state index in [9.17, 15) is 12.8 Å². The Labute approximate surface area is 153 Å². The summed E-state index contributed by atoms with van der Waals surface area (Å²) in [7, 11) is -0.610. The first-order valence-corrected chi connectivity index (χ1v) is 9.73. The van der Waals surface area contributed by atoms with E-state index in [2.05, 4.69) is 5.10 Å². The van der Waals surface area contributed by atoms with Crippen molar-refractivity contribution >= 4 is 10.2 Å². The monoisotopic (exact) mass is 382 g/mol. The molecule has 0 unspecified atom stereocenters. The Bertz CT molecular complexity index is 911. The van der Waals surface area contributed by atoms with Crippen molar-refractivity contribution in [2.24, 2.45) is 0 Å². The summed E-state index contributed by atoms with van der Waals surface area (Å²) in [5, 5.41) is 4.46. The Morgan fingerprint density at radius 2 is 1.96 bits per heavy atom. The van der Waals surface area contributed by atoms with E-state index in [1.54, 1.807) is 25.1 Å². The predicted molar refractivity (Wildman–Crippen MR) is 95.9 cm³/mol. The molecule has 0 amide bonds. The van der Waals surface area contributed by atoms with Crippen LogP contribution in [0.5, 0.6) is 0 Å². The van der Waals surface area contributed by atoms with Gasteiger partial charge in [0.25, 0.3) is 10.2 Å². The molecule has 0 radical (unpaired) electrons. The number of hydrogen-bond donors (Lipinski definition) is 0. The summed E-state index contributed by atoms with van der Waals surface area (Å²) in [6.45, 7) is 4.45.